The van der Waals surface area contributed by atoms with Gasteiger partial charge in [0.15, 0.2) is 0 Å². The Morgan fingerprint density at radius 3 is 2.15 bits per heavy atom. The Bertz CT molecular complexity index is 1190. The summed E-state index contributed by atoms with van der Waals surface area (Å²) in [6.07, 6.45) is 2.57. The highest BCUT2D eigenvalue weighted by Gasteiger charge is 2.20. The van der Waals surface area contributed by atoms with E-state index in [1.54, 1.807) is 24.3 Å². The van der Waals surface area contributed by atoms with Gasteiger partial charge >= 0.3 is 0 Å². The van der Waals surface area contributed by atoms with E-state index in [2.05, 4.69) is 24.4 Å². The highest BCUT2D eigenvalue weighted by atomic mass is 32.2. The van der Waals surface area contributed by atoms with Gasteiger partial charge in [-0.15, -0.1) is 0 Å². The zero-order valence-electron chi connectivity index (χ0n) is 18.8. The van der Waals surface area contributed by atoms with Crippen molar-refractivity contribution in [3.8, 4) is 11.5 Å². The quantitative estimate of drug-likeness (QED) is 0.372. The first-order valence-electron chi connectivity index (χ1n) is 10.4. The molecule has 0 aliphatic heterocycles. The maximum Gasteiger partial charge on any atom is 0.260 e. The number of hydrogen-bond acceptors (Lipinski definition) is 5. The molecule has 0 aliphatic rings. The molecule has 0 aliphatic carbocycles. The fourth-order valence-electron chi connectivity index (χ4n) is 3.02. The Morgan fingerprint density at radius 2 is 1.58 bits per heavy atom. The minimum absolute atomic E-state index is 0.348. The summed E-state index contributed by atoms with van der Waals surface area (Å²) in [7, 11) is -3.70. The molecule has 3 aromatic carbocycles. The van der Waals surface area contributed by atoms with Crippen LogP contribution in [0, 0.1) is 0 Å². The van der Waals surface area contributed by atoms with Gasteiger partial charge in [0, 0.05) is 0 Å². The largest absolute Gasteiger partial charge is 0.457 e. The molecule has 1 N–H and O–H groups in total. The van der Waals surface area contributed by atoms with Crippen molar-refractivity contribution in [2.45, 2.75) is 19.8 Å². The van der Waals surface area contributed by atoms with Crippen LogP contribution in [0.15, 0.2) is 84.0 Å². The summed E-state index contributed by atoms with van der Waals surface area (Å²) in [5.74, 6) is 1.09. The van der Waals surface area contributed by atoms with Crippen molar-refractivity contribution in [3.63, 3.8) is 0 Å². The number of carbonyl (C=O) groups excluding carboxylic acids is 1. The Balaban J connectivity index is 1.63. The number of benzene rings is 3. The van der Waals surface area contributed by atoms with Crippen LogP contribution in [0.4, 0.5) is 5.69 Å². The van der Waals surface area contributed by atoms with Gasteiger partial charge in [0.1, 0.15) is 18.0 Å². The fourth-order valence-corrected chi connectivity index (χ4v) is 3.87. The molecule has 0 heterocycles. The molecule has 0 bridgehead atoms. The van der Waals surface area contributed by atoms with Gasteiger partial charge in [-0.05, 0) is 53.4 Å². The minimum atomic E-state index is -3.70. The highest BCUT2D eigenvalue weighted by Crippen LogP contribution is 2.25. The molecule has 3 rings (SSSR count). The van der Waals surface area contributed by atoms with E-state index in [-0.39, 0.29) is 0 Å². The summed E-state index contributed by atoms with van der Waals surface area (Å²) in [5.41, 5.74) is 4.77. The first kappa shape index (κ1) is 24.0. The lowest BCUT2D eigenvalue weighted by molar-refractivity contribution is -0.119. The molecule has 3 aromatic rings. The summed E-state index contributed by atoms with van der Waals surface area (Å²) in [6, 6.07) is 23.5. The van der Waals surface area contributed by atoms with E-state index in [0.717, 1.165) is 16.1 Å². The van der Waals surface area contributed by atoms with E-state index in [4.69, 9.17) is 4.74 Å². The van der Waals surface area contributed by atoms with Crippen molar-refractivity contribution in [1.29, 1.82) is 0 Å². The van der Waals surface area contributed by atoms with Crippen molar-refractivity contribution in [2.24, 2.45) is 5.10 Å². The second-order valence-electron chi connectivity index (χ2n) is 7.79. The zero-order chi connectivity index (χ0) is 23.8. The lowest BCUT2D eigenvalue weighted by atomic mass is 10.0. The number of anilines is 1. The maximum absolute atomic E-state index is 12.4. The summed E-state index contributed by atoms with van der Waals surface area (Å²) >= 11 is 0. The molecule has 8 heteroatoms. The molecule has 7 nitrogen and oxygen atoms in total. The average molecular weight is 466 g/mol. The van der Waals surface area contributed by atoms with Gasteiger partial charge in [-0.1, -0.05) is 56.3 Å². The number of sulfonamides is 1. The predicted molar refractivity (Wildman–Crippen MR) is 131 cm³/mol. The summed E-state index contributed by atoms with van der Waals surface area (Å²) in [5, 5.41) is 3.94. The van der Waals surface area contributed by atoms with Gasteiger partial charge in [0.05, 0.1) is 18.2 Å². The number of nitrogens with zero attached hydrogens (tertiary/aromatic N) is 2. The van der Waals surface area contributed by atoms with Gasteiger partial charge in [0.2, 0.25) is 10.0 Å². The van der Waals surface area contributed by atoms with Crippen LogP contribution in [-0.4, -0.2) is 33.3 Å². The summed E-state index contributed by atoms with van der Waals surface area (Å²) in [4.78, 5) is 12.4. The summed E-state index contributed by atoms with van der Waals surface area (Å²) in [6.45, 7) is 3.82. The van der Waals surface area contributed by atoms with Gasteiger partial charge in [0.25, 0.3) is 5.91 Å². The third-order valence-corrected chi connectivity index (χ3v) is 5.94. The van der Waals surface area contributed by atoms with E-state index in [9.17, 15) is 13.2 Å². The Kier molecular flexibility index (Phi) is 7.84. The number of para-hydroxylation sites is 1. The third kappa shape index (κ3) is 7.18. The van der Waals surface area contributed by atoms with E-state index >= 15 is 0 Å². The number of ether oxygens (including phenoxy) is 1. The molecular weight excluding hydrogens is 438 g/mol. The maximum atomic E-state index is 12.4. The Hall–Kier alpha value is -3.65. The predicted octanol–water partition coefficient (Wildman–Crippen LogP) is 4.52. The van der Waals surface area contributed by atoms with Gasteiger partial charge in [-0.3, -0.25) is 9.10 Å². The fraction of sp³-hybridized carbons (Fsp3) is 0.200. The number of carbonyl (C=O) groups is 1. The Labute approximate surface area is 194 Å². The first-order valence-corrected chi connectivity index (χ1v) is 12.3. The van der Waals surface area contributed by atoms with E-state index < -0.39 is 22.5 Å². The van der Waals surface area contributed by atoms with Gasteiger partial charge in [-0.25, -0.2) is 13.8 Å². The van der Waals surface area contributed by atoms with E-state index in [1.807, 2.05) is 54.6 Å². The highest BCUT2D eigenvalue weighted by molar-refractivity contribution is 7.92. The molecule has 0 saturated carbocycles. The molecule has 0 spiro atoms. The van der Waals surface area contributed by atoms with Crippen LogP contribution in [0.3, 0.4) is 0 Å². The van der Waals surface area contributed by atoms with Crippen molar-refractivity contribution in [1.82, 2.24) is 5.43 Å². The van der Waals surface area contributed by atoms with E-state index in [0.29, 0.717) is 23.1 Å². The zero-order valence-corrected chi connectivity index (χ0v) is 19.6. The van der Waals surface area contributed by atoms with Crippen LogP contribution < -0.4 is 14.5 Å². The molecule has 172 valence electrons. The topological polar surface area (TPSA) is 88.1 Å². The van der Waals surface area contributed by atoms with Gasteiger partial charge in [-0.2, -0.15) is 5.10 Å². The number of amides is 1. The number of rotatable bonds is 9. The molecule has 0 radical (unpaired) electrons. The van der Waals surface area contributed by atoms with Crippen LogP contribution in [0.1, 0.15) is 30.9 Å². The first-order chi connectivity index (χ1) is 15.7. The van der Waals surface area contributed by atoms with Gasteiger partial charge < -0.3 is 4.74 Å². The smallest absolute Gasteiger partial charge is 0.260 e. The monoisotopic (exact) mass is 465 g/mol. The lowest BCUT2D eigenvalue weighted by Crippen LogP contribution is -2.38. The van der Waals surface area contributed by atoms with E-state index in [1.165, 1.54) is 11.8 Å². The van der Waals surface area contributed by atoms with Crippen LogP contribution >= 0.6 is 0 Å². The molecule has 0 fully saturated rings. The van der Waals surface area contributed by atoms with Crippen LogP contribution in [0.25, 0.3) is 0 Å². The molecular formula is C25H27N3O4S. The molecule has 0 saturated heterocycles. The normalized spacial score (nSPS) is 11.5. The van der Waals surface area contributed by atoms with Crippen molar-refractivity contribution < 1.29 is 17.9 Å². The Morgan fingerprint density at radius 1 is 0.970 bits per heavy atom. The molecule has 1 amide bonds. The van der Waals surface area contributed by atoms with Crippen molar-refractivity contribution in [2.75, 3.05) is 17.1 Å². The second-order valence-corrected chi connectivity index (χ2v) is 9.70. The SMILES string of the molecule is CC(C)c1ccc(/C=N\NC(=O)CN(c2ccc(Oc3ccccc3)cc2)S(C)(=O)=O)cc1. The lowest BCUT2D eigenvalue weighted by Gasteiger charge is -2.21. The second kappa shape index (κ2) is 10.8. The molecule has 0 unspecified atom stereocenters. The standard InChI is InChI=1S/C25H27N3O4S/c1-19(2)21-11-9-20(10-12-21)17-26-27-25(29)18-28(33(3,30)31)22-13-15-24(16-14-22)32-23-7-5-4-6-8-23/h4-17,19H,18H2,1-3H3,(H,27,29)/b26-17-. The van der Waals surface area contributed by atoms with Crippen molar-refractivity contribution >= 4 is 27.8 Å². The summed E-state index contributed by atoms with van der Waals surface area (Å²) < 4.78 is 31.3. The van der Waals surface area contributed by atoms with Crippen LogP contribution in [0.5, 0.6) is 11.5 Å². The average Bonchev–Trinajstić information content (AvgIpc) is 2.78. The number of hydrazone groups is 1. The minimum Gasteiger partial charge on any atom is -0.457 e. The molecule has 33 heavy (non-hydrogen) atoms. The molecule has 0 atom stereocenters. The van der Waals surface area contributed by atoms with Crippen LogP contribution in [0.2, 0.25) is 0 Å². The molecule has 0 aromatic heterocycles. The van der Waals surface area contributed by atoms with Crippen molar-refractivity contribution in [3.05, 3.63) is 90.0 Å². The number of hydrogen-bond donors (Lipinski definition) is 1. The third-order valence-electron chi connectivity index (χ3n) is 4.80. The number of nitrogens with one attached hydrogen (secondary N) is 1. The van der Waals surface area contributed by atoms with Crippen LogP contribution in [-0.2, 0) is 14.8 Å².